The van der Waals surface area contributed by atoms with Crippen LogP contribution in [0.1, 0.15) is 41.6 Å². The summed E-state index contributed by atoms with van der Waals surface area (Å²) < 4.78 is 5.44. The lowest BCUT2D eigenvalue weighted by Gasteiger charge is -2.17. The summed E-state index contributed by atoms with van der Waals surface area (Å²) in [6.07, 6.45) is 2.23. The van der Waals surface area contributed by atoms with Crippen molar-refractivity contribution in [3.63, 3.8) is 0 Å². The van der Waals surface area contributed by atoms with Gasteiger partial charge >= 0.3 is 0 Å². The number of benzene rings is 2. The van der Waals surface area contributed by atoms with E-state index in [-0.39, 0.29) is 6.04 Å². The fraction of sp³-hybridized carbons (Fsp3) is 0.333. The summed E-state index contributed by atoms with van der Waals surface area (Å²) in [6, 6.07) is 14.5. The molecule has 2 nitrogen and oxygen atoms in total. The molecule has 0 radical (unpaired) electrons. The standard InChI is InChI=1S/C18H23NO/c1-4-6-14-7-5-8-15(12-14)18(19)16-11-13(2)9-10-17(16)20-3/h5,7-12,18H,4,6,19H2,1-3H3. The summed E-state index contributed by atoms with van der Waals surface area (Å²) in [7, 11) is 1.69. The van der Waals surface area contributed by atoms with Crippen molar-refractivity contribution < 1.29 is 4.74 Å². The number of methoxy groups -OCH3 is 1. The molecule has 0 fully saturated rings. The third kappa shape index (κ3) is 3.20. The van der Waals surface area contributed by atoms with E-state index >= 15 is 0 Å². The number of nitrogens with two attached hydrogens (primary N) is 1. The SMILES string of the molecule is CCCc1cccc(C(N)c2cc(C)ccc2OC)c1. The Kier molecular flexibility index (Phi) is 4.80. The Morgan fingerprint density at radius 1 is 1.15 bits per heavy atom. The molecule has 2 heteroatoms. The zero-order valence-corrected chi connectivity index (χ0v) is 12.5. The van der Waals surface area contributed by atoms with Crippen LogP contribution in [0.4, 0.5) is 0 Å². The van der Waals surface area contributed by atoms with Crippen molar-refractivity contribution in [2.45, 2.75) is 32.7 Å². The van der Waals surface area contributed by atoms with Gasteiger partial charge in [-0.05, 0) is 30.5 Å². The van der Waals surface area contributed by atoms with Gasteiger partial charge in [0.2, 0.25) is 0 Å². The number of hydrogen-bond donors (Lipinski definition) is 1. The van der Waals surface area contributed by atoms with Gasteiger partial charge in [-0.3, -0.25) is 0 Å². The van der Waals surface area contributed by atoms with Crippen molar-refractivity contribution in [1.82, 2.24) is 0 Å². The Labute approximate surface area is 121 Å². The van der Waals surface area contributed by atoms with Crippen LogP contribution in [0.15, 0.2) is 42.5 Å². The Balaban J connectivity index is 2.37. The van der Waals surface area contributed by atoms with Crippen LogP contribution in [0.25, 0.3) is 0 Å². The molecule has 1 atom stereocenters. The molecule has 20 heavy (non-hydrogen) atoms. The molecule has 0 amide bonds. The smallest absolute Gasteiger partial charge is 0.123 e. The maximum Gasteiger partial charge on any atom is 0.123 e. The van der Waals surface area contributed by atoms with Gasteiger partial charge in [0.15, 0.2) is 0 Å². The number of hydrogen-bond acceptors (Lipinski definition) is 2. The molecule has 0 aliphatic rings. The van der Waals surface area contributed by atoms with E-state index in [0.29, 0.717) is 0 Å². The largest absolute Gasteiger partial charge is 0.496 e. The van der Waals surface area contributed by atoms with Crippen molar-refractivity contribution in [1.29, 1.82) is 0 Å². The zero-order chi connectivity index (χ0) is 14.5. The topological polar surface area (TPSA) is 35.2 Å². The van der Waals surface area contributed by atoms with Crippen LogP contribution >= 0.6 is 0 Å². The molecule has 0 aliphatic carbocycles. The van der Waals surface area contributed by atoms with E-state index in [1.807, 2.05) is 12.1 Å². The van der Waals surface area contributed by atoms with E-state index in [2.05, 4.69) is 44.2 Å². The molecule has 0 heterocycles. The zero-order valence-electron chi connectivity index (χ0n) is 12.5. The average molecular weight is 269 g/mol. The third-order valence-electron chi connectivity index (χ3n) is 3.57. The molecular formula is C18H23NO. The summed E-state index contributed by atoms with van der Waals surface area (Å²) in [6.45, 7) is 4.26. The van der Waals surface area contributed by atoms with Gasteiger partial charge in [0, 0.05) is 5.56 Å². The van der Waals surface area contributed by atoms with Gasteiger partial charge in [0.1, 0.15) is 5.75 Å². The van der Waals surface area contributed by atoms with Crippen LogP contribution in [0.3, 0.4) is 0 Å². The third-order valence-corrected chi connectivity index (χ3v) is 3.57. The lowest BCUT2D eigenvalue weighted by molar-refractivity contribution is 0.407. The highest BCUT2D eigenvalue weighted by Gasteiger charge is 2.14. The van der Waals surface area contributed by atoms with E-state index in [9.17, 15) is 0 Å². The molecule has 0 saturated heterocycles. The Bertz CT molecular complexity index is 577. The van der Waals surface area contributed by atoms with Gasteiger partial charge in [-0.25, -0.2) is 0 Å². The van der Waals surface area contributed by atoms with Crippen molar-refractivity contribution in [3.8, 4) is 5.75 Å². The summed E-state index contributed by atoms with van der Waals surface area (Å²) in [5, 5.41) is 0. The lowest BCUT2D eigenvalue weighted by atomic mass is 9.95. The predicted molar refractivity (Wildman–Crippen MR) is 84.2 cm³/mol. The number of rotatable bonds is 5. The quantitative estimate of drug-likeness (QED) is 0.890. The molecule has 0 aliphatic heterocycles. The van der Waals surface area contributed by atoms with Crippen LogP contribution < -0.4 is 10.5 Å². The highest BCUT2D eigenvalue weighted by molar-refractivity contribution is 5.44. The van der Waals surface area contributed by atoms with E-state index in [0.717, 1.165) is 29.7 Å². The molecule has 0 aromatic heterocycles. The van der Waals surface area contributed by atoms with Crippen LogP contribution in [-0.4, -0.2) is 7.11 Å². The van der Waals surface area contributed by atoms with Gasteiger partial charge < -0.3 is 10.5 Å². The second-order valence-corrected chi connectivity index (χ2v) is 5.22. The van der Waals surface area contributed by atoms with E-state index in [1.165, 1.54) is 11.1 Å². The number of aryl methyl sites for hydroxylation is 2. The molecule has 2 rings (SSSR count). The molecule has 2 aromatic rings. The first kappa shape index (κ1) is 14.6. The van der Waals surface area contributed by atoms with Crippen LogP contribution in [0, 0.1) is 6.92 Å². The highest BCUT2D eigenvalue weighted by Crippen LogP contribution is 2.29. The Morgan fingerprint density at radius 2 is 1.95 bits per heavy atom. The van der Waals surface area contributed by atoms with Crippen molar-refractivity contribution in [3.05, 3.63) is 64.7 Å². The van der Waals surface area contributed by atoms with Gasteiger partial charge in [0.25, 0.3) is 0 Å². The van der Waals surface area contributed by atoms with Crippen LogP contribution in [0.2, 0.25) is 0 Å². The molecular weight excluding hydrogens is 246 g/mol. The van der Waals surface area contributed by atoms with Crippen LogP contribution in [-0.2, 0) is 6.42 Å². The second kappa shape index (κ2) is 6.58. The van der Waals surface area contributed by atoms with Crippen molar-refractivity contribution in [2.24, 2.45) is 5.73 Å². The summed E-state index contributed by atoms with van der Waals surface area (Å²) in [5.74, 6) is 0.851. The van der Waals surface area contributed by atoms with E-state index in [1.54, 1.807) is 7.11 Å². The number of ether oxygens (including phenoxy) is 1. The Hall–Kier alpha value is -1.80. The molecule has 1 unspecified atom stereocenters. The van der Waals surface area contributed by atoms with Crippen molar-refractivity contribution in [2.75, 3.05) is 7.11 Å². The summed E-state index contributed by atoms with van der Waals surface area (Å²) in [5.41, 5.74) is 11.2. The molecule has 0 saturated carbocycles. The lowest BCUT2D eigenvalue weighted by Crippen LogP contribution is -2.13. The fourth-order valence-electron chi connectivity index (χ4n) is 2.51. The Morgan fingerprint density at radius 3 is 2.65 bits per heavy atom. The van der Waals surface area contributed by atoms with Crippen molar-refractivity contribution >= 4 is 0 Å². The monoisotopic (exact) mass is 269 g/mol. The fourth-order valence-corrected chi connectivity index (χ4v) is 2.51. The summed E-state index contributed by atoms with van der Waals surface area (Å²) >= 11 is 0. The first-order chi connectivity index (χ1) is 9.65. The molecule has 0 bridgehead atoms. The average Bonchev–Trinajstić information content (AvgIpc) is 2.47. The molecule has 2 N–H and O–H groups in total. The first-order valence-electron chi connectivity index (χ1n) is 7.14. The highest BCUT2D eigenvalue weighted by atomic mass is 16.5. The first-order valence-corrected chi connectivity index (χ1v) is 7.14. The molecule has 106 valence electrons. The van der Waals surface area contributed by atoms with Gasteiger partial charge in [-0.2, -0.15) is 0 Å². The maximum absolute atomic E-state index is 6.45. The second-order valence-electron chi connectivity index (χ2n) is 5.22. The van der Waals surface area contributed by atoms with Gasteiger partial charge in [0.05, 0.1) is 13.2 Å². The molecule has 2 aromatic carbocycles. The minimum atomic E-state index is -0.151. The van der Waals surface area contributed by atoms with Gasteiger partial charge in [-0.1, -0.05) is 55.3 Å². The molecule has 0 spiro atoms. The van der Waals surface area contributed by atoms with E-state index in [4.69, 9.17) is 10.5 Å². The van der Waals surface area contributed by atoms with Crippen LogP contribution in [0.5, 0.6) is 5.75 Å². The normalized spacial score (nSPS) is 12.2. The minimum Gasteiger partial charge on any atom is -0.496 e. The summed E-state index contributed by atoms with van der Waals surface area (Å²) in [4.78, 5) is 0. The van der Waals surface area contributed by atoms with Gasteiger partial charge in [-0.15, -0.1) is 0 Å². The maximum atomic E-state index is 6.45. The van der Waals surface area contributed by atoms with E-state index < -0.39 is 0 Å². The minimum absolute atomic E-state index is 0.151. The predicted octanol–water partition coefficient (Wildman–Crippen LogP) is 4.00.